The minimum atomic E-state index is -4.56. The van der Waals surface area contributed by atoms with Crippen LogP contribution < -0.4 is 0 Å². The van der Waals surface area contributed by atoms with Gasteiger partial charge in [0, 0.05) is 0 Å². The summed E-state index contributed by atoms with van der Waals surface area (Å²) >= 11 is 0. The standard InChI is InChI=1S/C15H13F3O4/c16-15(17,18)12-4-2-1-3-9(12)8-5-6-10(13(19)20)11(7-8)14(21)22/h1-5,10-11H,6-7H2,(H,19,20)(H,21,22)/t10-,11?/m0/s1. The number of aliphatic carboxylic acids is 2. The smallest absolute Gasteiger partial charge is 0.416 e. The summed E-state index contributed by atoms with van der Waals surface area (Å²) in [5, 5.41) is 18.2. The van der Waals surface area contributed by atoms with Crippen LogP contribution >= 0.6 is 0 Å². The van der Waals surface area contributed by atoms with Crippen molar-refractivity contribution in [2.75, 3.05) is 0 Å². The van der Waals surface area contributed by atoms with Crippen LogP contribution in [0.5, 0.6) is 0 Å². The Morgan fingerprint density at radius 3 is 2.18 bits per heavy atom. The number of benzene rings is 1. The minimum absolute atomic E-state index is 0.0925. The first-order valence-electron chi connectivity index (χ1n) is 6.53. The van der Waals surface area contributed by atoms with E-state index in [-0.39, 0.29) is 24.0 Å². The van der Waals surface area contributed by atoms with E-state index in [0.717, 1.165) is 6.07 Å². The van der Waals surface area contributed by atoms with Crippen molar-refractivity contribution in [3.05, 3.63) is 41.5 Å². The summed E-state index contributed by atoms with van der Waals surface area (Å²) in [4.78, 5) is 22.3. The maximum absolute atomic E-state index is 13.0. The lowest BCUT2D eigenvalue weighted by Crippen LogP contribution is -2.32. The number of halogens is 3. The van der Waals surface area contributed by atoms with Crippen LogP contribution in [0.1, 0.15) is 24.0 Å². The molecule has 4 nitrogen and oxygen atoms in total. The fourth-order valence-electron chi connectivity index (χ4n) is 2.66. The zero-order valence-corrected chi connectivity index (χ0v) is 11.3. The first kappa shape index (κ1) is 16.1. The second-order valence-corrected chi connectivity index (χ2v) is 5.10. The highest BCUT2D eigenvalue weighted by molar-refractivity contribution is 5.84. The van der Waals surface area contributed by atoms with Gasteiger partial charge < -0.3 is 10.2 Å². The van der Waals surface area contributed by atoms with Crippen molar-refractivity contribution in [3.63, 3.8) is 0 Å². The van der Waals surface area contributed by atoms with Gasteiger partial charge in [0.15, 0.2) is 0 Å². The number of carboxylic acids is 2. The van der Waals surface area contributed by atoms with E-state index in [9.17, 15) is 22.8 Å². The van der Waals surface area contributed by atoms with E-state index >= 15 is 0 Å². The van der Waals surface area contributed by atoms with E-state index in [1.54, 1.807) is 0 Å². The van der Waals surface area contributed by atoms with Crippen molar-refractivity contribution in [1.29, 1.82) is 0 Å². The molecule has 118 valence electrons. The van der Waals surface area contributed by atoms with Crippen LogP contribution in [0.2, 0.25) is 0 Å². The highest BCUT2D eigenvalue weighted by atomic mass is 19.4. The molecule has 0 bridgehead atoms. The van der Waals surface area contributed by atoms with Gasteiger partial charge in [-0.15, -0.1) is 0 Å². The maximum atomic E-state index is 13.0. The number of alkyl halides is 3. The lowest BCUT2D eigenvalue weighted by atomic mass is 9.77. The van der Waals surface area contributed by atoms with Crippen molar-refractivity contribution in [1.82, 2.24) is 0 Å². The molecule has 0 heterocycles. The summed E-state index contributed by atoms with van der Waals surface area (Å²) in [6.45, 7) is 0. The first-order chi connectivity index (χ1) is 10.2. The largest absolute Gasteiger partial charge is 0.481 e. The van der Waals surface area contributed by atoms with Crippen LogP contribution in [-0.2, 0) is 15.8 Å². The van der Waals surface area contributed by atoms with Gasteiger partial charge in [-0.3, -0.25) is 9.59 Å². The van der Waals surface area contributed by atoms with Crippen LogP contribution in [0, 0.1) is 11.8 Å². The van der Waals surface area contributed by atoms with Gasteiger partial charge in [-0.05, 0) is 30.0 Å². The van der Waals surface area contributed by atoms with Gasteiger partial charge in [0.05, 0.1) is 17.4 Å². The average Bonchev–Trinajstić information content (AvgIpc) is 2.45. The van der Waals surface area contributed by atoms with E-state index in [4.69, 9.17) is 10.2 Å². The molecule has 2 rings (SSSR count). The molecular weight excluding hydrogens is 301 g/mol. The molecular formula is C15H13F3O4. The molecule has 1 aliphatic rings. The molecule has 22 heavy (non-hydrogen) atoms. The van der Waals surface area contributed by atoms with Crippen molar-refractivity contribution < 1.29 is 33.0 Å². The third-order valence-corrected chi connectivity index (χ3v) is 3.76. The van der Waals surface area contributed by atoms with Gasteiger partial charge in [0.25, 0.3) is 0 Å². The highest BCUT2D eigenvalue weighted by Gasteiger charge is 2.39. The van der Waals surface area contributed by atoms with Gasteiger partial charge in [-0.2, -0.15) is 13.2 Å². The molecule has 0 saturated carbocycles. The zero-order valence-electron chi connectivity index (χ0n) is 11.3. The topological polar surface area (TPSA) is 74.6 Å². The molecule has 0 aliphatic heterocycles. The fraction of sp³-hybridized carbons (Fsp3) is 0.333. The van der Waals surface area contributed by atoms with Crippen LogP contribution in [0.3, 0.4) is 0 Å². The number of rotatable bonds is 3. The van der Waals surface area contributed by atoms with Gasteiger partial charge in [0.1, 0.15) is 0 Å². The monoisotopic (exact) mass is 314 g/mol. The summed E-state index contributed by atoms with van der Waals surface area (Å²) in [6.07, 6.45) is -3.50. The van der Waals surface area contributed by atoms with Gasteiger partial charge >= 0.3 is 18.1 Å². The van der Waals surface area contributed by atoms with Crippen molar-refractivity contribution in [3.8, 4) is 0 Å². The van der Waals surface area contributed by atoms with Gasteiger partial charge in [-0.1, -0.05) is 24.3 Å². The Morgan fingerprint density at radius 2 is 1.64 bits per heavy atom. The molecule has 0 spiro atoms. The van der Waals surface area contributed by atoms with Crippen LogP contribution in [0.4, 0.5) is 13.2 Å². The normalized spacial score (nSPS) is 22.0. The van der Waals surface area contributed by atoms with Crippen LogP contribution in [0.15, 0.2) is 30.3 Å². The Bertz CT molecular complexity index is 634. The molecule has 2 atom stereocenters. The molecule has 7 heteroatoms. The average molecular weight is 314 g/mol. The van der Waals surface area contributed by atoms with Crippen LogP contribution in [-0.4, -0.2) is 22.2 Å². The summed E-state index contributed by atoms with van der Waals surface area (Å²) in [5.41, 5.74) is -0.720. The second-order valence-electron chi connectivity index (χ2n) is 5.10. The number of carbonyl (C=O) groups is 2. The van der Waals surface area contributed by atoms with E-state index < -0.39 is 35.5 Å². The Morgan fingerprint density at radius 1 is 1.05 bits per heavy atom. The zero-order chi connectivity index (χ0) is 16.5. The third-order valence-electron chi connectivity index (χ3n) is 3.76. The van der Waals surface area contributed by atoms with Crippen LogP contribution in [0.25, 0.3) is 5.57 Å². The predicted molar refractivity (Wildman–Crippen MR) is 70.9 cm³/mol. The number of allylic oxidation sites excluding steroid dienone is 2. The Hall–Kier alpha value is -2.31. The Balaban J connectivity index is 2.43. The quantitative estimate of drug-likeness (QED) is 0.898. The summed E-state index contributed by atoms with van der Waals surface area (Å²) < 4.78 is 39.1. The molecule has 0 fully saturated rings. The molecule has 2 N–H and O–H groups in total. The van der Waals surface area contributed by atoms with Crippen molar-refractivity contribution in [2.24, 2.45) is 11.8 Å². The van der Waals surface area contributed by atoms with E-state index in [1.165, 1.54) is 24.3 Å². The molecule has 0 aromatic heterocycles. The maximum Gasteiger partial charge on any atom is 0.416 e. The fourth-order valence-corrected chi connectivity index (χ4v) is 2.66. The lowest BCUT2D eigenvalue weighted by Gasteiger charge is -2.27. The SMILES string of the molecule is O=C(O)C1CC(c2ccccc2C(F)(F)F)=CC[C@@H]1C(=O)O. The van der Waals surface area contributed by atoms with E-state index in [1.807, 2.05) is 0 Å². The van der Waals surface area contributed by atoms with Gasteiger partial charge in [0.2, 0.25) is 0 Å². The highest BCUT2D eigenvalue weighted by Crippen LogP contribution is 2.40. The summed E-state index contributed by atoms with van der Waals surface area (Å²) in [6, 6.07) is 4.89. The molecule has 1 unspecified atom stereocenters. The predicted octanol–water partition coefficient (Wildman–Crippen LogP) is 3.28. The first-order valence-corrected chi connectivity index (χ1v) is 6.53. The number of hydrogen-bond acceptors (Lipinski definition) is 2. The second kappa shape index (κ2) is 5.82. The number of carboxylic acid groups (broad SMARTS) is 2. The van der Waals surface area contributed by atoms with Gasteiger partial charge in [-0.25, -0.2) is 0 Å². The molecule has 1 aromatic rings. The van der Waals surface area contributed by atoms with Crippen molar-refractivity contribution in [2.45, 2.75) is 19.0 Å². The molecule has 1 aromatic carbocycles. The van der Waals surface area contributed by atoms with Crippen molar-refractivity contribution >= 4 is 17.5 Å². The lowest BCUT2D eigenvalue weighted by molar-refractivity contribution is -0.153. The Labute approximate surface area is 123 Å². The minimum Gasteiger partial charge on any atom is -0.481 e. The van der Waals surface area contributed by atoms with E-state index in [2.05, 4.69) is 0 Å². The number of hydrogen-bond donors (Lipinski definition) is 2. The van der Waals surface area contributed by atoms with E-state index in [0.29, 0.717) is 0 Å². The Kier molecular flexibility index (Phi) is 4.25. The molecule has 1 aliphatic carbocycles. The summed E-state index contributed by atoms with van der Waals surface area (Å²) in [5.74, 6) is -4.94. The summed E-state index contributed by atoms with van der Waals surface area (Å²) in [7, 11) is 0. The third kappa shape index (κ3) is 3.13. The molecule has 0 radical (unpaired) electrons. The molecule has 0 amide bonds. The molecule has 0 saturated heterocycles.